The first kappa shape index (κ1) is 12.5. The van der Waals surface area contributed by atoms with Gasteiger partial charge in [0.25, 0.3) is 0 Å². The minimum atomic E-state index is 0.0971. The molecule has 0 aromatic carbocycles. The molecule has 0 aliphatic rings. The molecule has 0 radical (unpaired) electrons. The summed E-state index contributed by atoms with van der Waals surface area (Å²) in [6.45, 7) is 2.15. The summed E-state index contributed by atoms with van der Waals surface area (Å²) in [5.74, 6) is 0.770. The molecule has 0 spiro atoms. The van der Waals surface area contributed by atoms with E-state index < -0.39 is 0 Å². The number of furan rings is 1. The molecule has 0 saturated carbocycles. The lowest BCUT2D eigenvalue weighted by Crippen LogP contribution is -2.27. The summed E-state index contributed by atoms with van der Waals surface area (Å²) in [7, 11) is 0. The van der Waals surface area contributed by atoms with Crippen molar-refractivity contribution in [3.63, 3.8) is 0 Å². The largest absolute Gasteiger partial charge is 0.448 e. The number of aliphatic hydroxyl groups excluding tert-OH is 2. The summed E-state index contributed by atoms with van der Waals surface area (Å²) < 4.78 is 5.22. The Morgan fingerprint density at radius 3 is 2.53 bits per heavy atom. The van der Waals surface area contributed by atoms with E-state index in [0.29, 0.717) is 24.7 Å². The molecule has 0 atom stereocenters. The van der Waals surface area contributed by atoms with Crippen LogP contribution in [-0.4, -0.2) is 41.4 Å². The molecule has 2 N–H and O–H groups in total. The Kier molecular flexibility index (Phi) is 5.71. The number of rotatable bonds is 7. The van der Waals surface area contributed by atoms with Gasteiger partial charge in [-0.1, -0.05) is 0 Å². The van der Waals surface area contributed by atoms with Crippen molar-refractivity contribution in [1.82, 2.24) is 4.90 Å². The maximum absolute atomic E-state index is 8.86. The zero-order valence-corrected chi connectivity index (χ0v) is 9.28. The van der Waals surface area contributed by atoms with Crippen molar-refractivity contribution in [2.24, 2.45) is 0 Å². The zero-order valence-electron chi connectivity index (χ0n) is 8.53. The number of aliphatic hydroxyl groups is 2. The van der Waals surface area contributed by atoms with E-state index in [1.807, 2.05) is 11.0 Å². The normalized spacial score (nSPS) is 11.2. The Balaban J connectivity index is 2.42. The number of halogens is 1. The van der Waals surface area contributed by atoms with Gasteiger partial charge in [0, 0.05) is 19.7 Å². The lowest BCUT2D eigenvalue weighted by atomic mass is 10.3. The summed E-state index contributed by atoms with van der Waals surface area (Å²) in [6, 6.07) is 3.51. The van der Waals surface area contributed by atoms with Crippen molar-refractivity contribution in [2.75, 3.05) is 26.3 Å². The fourth-order valence-electron chi connectivity index (χ4n) is 1.36. The second-order valence-electron chi connectivity index (χ2n) is 3.28. The van der Waals surface area contributed by atoms with E-state index in [1.54, 1.807) is 6.07 Å². The molecule has 0 bridgehead atoms. The number of nitrogens with zero attached hydrogens (tertiary/aromatic N) is 1. The third kappa shape index (κ3) is 4.66. The topological polar surface area (TPSA) is 56.8 Å². The molecule has 0 aliphatic heterocycles. The quantitative estimate of drug-likeness (QED) is 0.741. The molecular formula is C10H16ClNO3. The molecular weight excluding hydrogens is 218 g/mol. The maximum Gasteiger partial charge on any atom is 0.193 e. The van der Waals surface area contributed by atoms with Gasteiger partial charge in [0.2, 0.25) is 0 Å². The van der Waals surface area contributed by atoms with Gasteiger partial charge in [-0.2, -0.15) is 0 Å². The molecule has 0 aliphatic carbocycles. The molecule has 1 rings (SSSR count). The van der Waals surface area contributed by atoms with Gasteiger partial charge in [-0.25, -0.2) is 0 Å². The van der Waals surface area contributed by atoms with Crippen molar-refractivity contribution in [3.05, 3.63) is 23.1 Å². The van der Waals surface area contributed by atoms with Crippen LogP contribution in [0.2, 0.25) is 5.22 Å². The van der Waals surface area contributed by atoms with Crippen LogP contribution in [0, 0.1) is 0 Å². The Hall–Kier alpha value is -0.550. The van der Waals surface area contributed by atoms with Crippen LogP contribution in [0.25, 0.3) is 0 Å². The van der Waals surface area contributed by atoms with E-state index in [9.17, 15) is 0 Å². The molecule has 1 aromatic rings. The highest BCUT2D eigenvalue weighted by atomic mass is 35.5. The second kappa shape index (κ2) is 6.85. The molecule has 15 heavy (non-hydrogen) atoms. The SMILES string of the molecule is OCCCN(CCO)Cc1ccc(Cl)o1. The second-order valence-corrected chi connectivity index (χ2v) is 3.66. The minimum Gasteiger partial charge on any atom is -0.448 e. The minimum absolute atomic E-state index is 0.0971. The Morgan fingerprint density at radius 1 is 1.20 bits per heavy atom. The van der Waals surface area contributed by atoms with Gasteiger partial charge in [0.05, 0.1) is 13.2 Å². The highest BCUT2D eigenvalue weighted by molar-refractivity contribution is 6.28. The van der Waals surface area contributed by atoms with Crippen molar-refractivity contribution < 1.29 is 14.6 Å². The van der Waals surface area contributed by atoms with Gasteiger partial charge in [-0.3, -0.25) is 4.90 Å². The van der Waals surface area contributed by atoms with Crippen LogP contribution in [0.1, 0.15) is 12.2 Å². The Bertz CT molecular complexity index is 277. The van der Waals surface area contributed by atoms with Gasteiger partial charge in [-0.05, 0) is 30.2 Å². The third-order valence-electron chi connectivity index (χ3n) is 2.06. The fourth-order valence-corrected chi connectivity index (χ4v) is 1.52. The maximum atomic E-state index is 8.86. The van der Waals surface area contributed by atoms with Crippen LogP contribution in [0.4, 0.5) is 0 Å². The third-order valence-corrected chi connectivity index (χ3v) is 2.26. The smallest absolute Gasteiger partial charge is 0.193 e. The average molecular weight is 234 g/mol. The van der Waals surface area contributed by atoms with Crippen LogP contribution < -0.4 is 0 Å². The zero-order chi connectivity index (χ0) is 11.1. The summed E-state index contributed by atoms with van der Waals surface area (Å²) in [6.07, 6.45) is 0.689. The van der Waals surface area contributed by atoms with Crippen LogP contribution in [-0.2, 0) is 6.54 Å². The van der Waals surface area contributed by atoms with Crippen LogP contribution >= 0.6 is 11.6 Å². The summed E-state index contributed by atoms with van der Waals surface area (Å²) in [5, 5.41) is 17.9. The lowest BCUT2D eigenvalue weighted by Gasteiger charge is -2.19. The van der Waals surface area contributed by atoms with Crippen molar-refractivity contribution in [2.45, 2.75) is 13.0 Å². The van der Waals surface area contributed by atoms with E-state index >= 15 is 0 Å². The van der Waals surface area contributed by atoms with Crippen molar-refractivity contribution >= 4 is 11.6 Å². The first-order chi connectivity index (χ1) is 7.26. The molecule has 0 unspecified atom stereocenters. The first-order valence-corrected chi connectivity index (χ1v) is 5.32. The molecule has 1 aromatic heterocycles. The van der Waals surface area contributed by atoms with E-state index in [0.717, 1.165) is 12.3 Å². The summed E-state index contributed by atoms with van der Waals surface area (Å²) >= 11 is 5.65. The van der Waals surface area contributed by atoms with Gasteiger partial charge in [-0.15, -0.1) is 0 Å². The van der Waals surface area contributed by atoms with E-state index in [4.69, 9.17) is 26.2 Å². The summed E-state index contributed by atoms with van der Waals surface area (Å²) in [4.78, 5) is 2.01. The lowest BCUT2D eigenvalue weighted by molar-refractivity contribution is 0.166. The molecule has 0 saturated heterocycles. The molecule has 1 heterocycles. The molecule has 0 amide bonds. The molecule has 5 heteroatoms. The predicted molar refractivity (Wildman–Crippen MR) is 57.8 cm³/mol. The van der Waals surface area contributed by atoms with Gasteiger partial charge < -0.3 is 14.6 Å². The van der Waals surface area contributed by atoms with E-state index in [-0.39, 0.29) is 13.2 Å². The van der Waals surface area contributed by atoms with E-state index in [1.165, 1.54) is 0 Å². The first-order valence-electron chi connectivity index (χ1n) is 4.94. The van der Waals surface area contributed by atoms with Crippen LogP contribution in [0.5, 0.6) is 0 Å². The molecule has 86 valence electrons. The van der Waals surface area contributed by atoms with Gasteiger partial charge >= 0.3 is 0 Å². The molecule has 0 fully saturated rings. The van der Waals surface area contributed by atoms with Crippen molar-refractivity contribution in [3.8, 4) is 0 Å². The standard InChI is InChI=1S/C10H16ClNO3/c11-10-3-2-9(15-10)8-12(5-7-14)4-1-6-13/h2-3,13-14H,1,4-8H2. The highest BCUT2D eigenvalue weighted by Gasteiger charge is 2.07. The van der Waals surface area contributed by atoms with Crippen LogP contribution in [0.15, 0.2) is 16.5 Å². The monoisotopic (exact) mass is 233 g/mol. The predicted octanol–water partition coefficient (Wildman–Crippen LogP) is 1.11. The number of hydrogen-bond donors (Lipinski definition) is 2. The Morgan fingerprint density at radius 2 is 2.00 bits per heavy atom. The van der Waals surface area contributed by atoms with Crippen LogP contribution in [0.3, 0.4) is 0 Å². The number of hydrogen-bond acceptors (Lipinski definition) is 4. The Labute approximate surface area is 94.1 Å². The van der Waals surface area contributed by atoms with Gasteiger partial charge in [0.1, 0.15) is 5.76 Å². The highest BCUT2D eigenvalue weighted by Crippen LogP contribution is 2.14. The summed E-state index contributed by atoms with van der Waals surface area (Å²) in [5.41, 5.74) is 0. The average Bonchev–Trinajstić information content (AvgIpc) is 2.61. The van der Waals surface area contributed by atoms with Crippen molar-refractivity contribution in [1.29, 1.82) is 0 Å². The molecule has 4 nitrogen and oxygen atoms in total. The fraction of sp³-hybridized carbons (Fsp3) is 0.600. The van der Waals surface area contributed by atoms with Gasteiger partial charge in [0.15, 0.2) is 5.22 Å². The van der Waals surface area contributed by atoms with E-state index in [2.05, 4.69) is 0 Å².